The molecule has 1 heterocycles. The number of carbonyl (C=O) groups excluding carboxylic acids is 2. The zero-order valence-corrected chi connectivity index (χ0v) is 8.03. The second kappa shape index (κ2) is 3.41. The maximum Gasteiger partial charge on any atom is 0.230 e. The highest BCUT2D eigenvalue weighted by atomic mass is 32.2. The lowest BCUT2D eigenvalue weighted by atomic mass is 9.93. The average Bonchev–Trinajstić information content (AvgIpc) is 2.28. The average molecular weight is 218 g/mol. The Morgan fingerprint density at radius 3 is 2.07 bits per heavy atom. The van der Waals surface area contributed by atoms with Crippen LogP contribution in [0.25, 0.3) is 0 Å². The van der Waals surface area contributed by atoms with Crippen LogP contribution >= 0.6 is 0 Å². The fraction of sp³-hybridized carbons (Fsp3) is 0.429. The molecule has 0 aliphatic carbocycles. The lowest BCUT2D eigenvalue weighted by Crippen LogP contribution is -2.40. The Balaban J connectivity index is 2.90. The van der Waals surface area contributed by atoms with Crippen molar-refractivity contribution in [2.24, 2.45) is 23.3 Å². The maximum atomic E-state index is 11.0. The van der Waals surface area contributed by atoms with Crippen LogP contribution in [0.1, 0.15) is 0 Å². The van der Waals surface area contributed by atoms with Crippen molar-refractivity contribution < 1.29 is 18.0 Å². The highest BCUT2D eigenvalue weighted by molar-refractivity contribution is 7.94. The van der Waals surface area contributed by atoms with Crippen molar-refractivity contribution in [3.63, 3.8) is 0 Å². The van der Waals surface area contributed by atoms with Crippen LogP contribution in [0.15, 0.2) is 11.5 Å². The minimum Gasteiger partial charge on any atom is -0.369 e. The number of rotatable bonds is 3. The van der Waals surface area contributed by atoms with E-state index >= 15 is 0 Å². The van der Waals surface area contributed by atoms with E-state index < -0.39 is 33.5 Å². The van der Waals surface area contributed by atoms with E-state index in [1.807, 2.05) is 0 Å². The molecule has 1 aliphatic rings. The molecule has 0 aromatic carbocycles. The van der Waals surface area contributed by atoms with Crippen molar-refractivity contribution in [1.29, 1.82) is 0 Å². The zero-order valence-electron chi connectivity index (χ0n) is 7.21. The summed E-state index contributed by atoms with van der Waals surface area (Å²) < 4.78 is 22.0. The fourth-order valence-corrected chi connectivity index (χ4v) is 2.76. The van der Waals surface area contributed by atoms with Crippen LogP contribution in [-0.4, -0.2) is 26.0 Å². The molecule has 14 heavy (non-hydrogen) atoms. The molecule has 0 fully saturated rings. The first-order chi connectivity index (χ1) is 6.33. The van der Waals surface area contributed by atoms with Gasteiger partial charge in [-0.3, -0.25) is 9.59 Å². The number of amides is 2. The lowest BCUT2D eigenvalue weighted by molar-refractivity contribution is -0.132. The van der Waals surface area contributed by atoms with Gasteiger partial charge in [0.25, 0.3) is 0 Å². The molecule has 0 bridgehead atoms. The Labute approximate surface area is 80.9 Å². The predicted molar refractivity (Wildman–Crippen MR) is 48.3 cm³/mol. The molecule has 0 unspecified atom stereocenters. The van der Waals surface area contributed by atoms with Gasteiger partial charge in [-0.15, -0.1) is 0 Å². The van der Waals surface area contributed by atoms with E-state index in [4.69, 9.17) is 11.5 Å². The van der Waals surface area contributed by atoms with E-state index in [-0.39, 0.29) is 5.75 Å². The summed E-state index contributed by atoms with van der Waals surface area (Å²) in [6.07, 6.45) is 1.27. The number of sulfone groups is 1. The van der Waals surface area contributed by atoms with Crippen molar-refractivity contribution in [1.82, 2.24) is 0 Å². The molecule has 78 valence electrons. The van der Waals surface area contributed by atoms with Crippen molar-refractivity contribution in [3.05, 3.63) is 11.5 Å². The molecular weight excluding hydrogens is 208 g/mol. The van der Waals surface area contributed by atoms with Gasteiger partial charge in [0, 0.05) is 11.3 Å². The normalized spacial score (nSPS) is 23.9. The molecule has 0 radical (unpaired) electrons. The Bertz CT molecular complexity index is 384. The van der Waals surface area contributed by atoms with Gasteiger partial charge in [-0.2, -0.15) is 0 Å². The SMILES string of the molecule is NC(=O)C(C(N)=O)[C@H]1C=CS(=O)(=O)C1. The van der Waals surface area contributed by atoms with E-state index in [0.717, 1.165) is 5.41 Å². The third kappa shape index (κ3) is 2.11. The number of hydrogen-bond acceptors (Lipinski definition) is 4. The molecule has 4 N–H and O–H groups in total. The van der Waals surface area contributed by atoms with E-state index in [0.29, 0.717) is 0 Å². The Morgan fingerprint density at radius 2 is 1.79 bits per heavy atom. The smallest absolute Gasteiger partial charge is 0.230 e. The number of allylic oxidation sites excluding steroid dienone is 1. The van der Waals surface area contributed by atoms with E-state index in [1.54, 1.807) is 0 Å². The van der Waals surface area contributed by atoms with E-state index in [9.17, 15) is 18.0 Å². The summed E-state index contributed by atoms with van der Waals surface area (Å²) in [4.78, 5) is 21.7. The topological polar surface area (TPSA) is 120 Å². The zero-order chi connectivity index (χ0) is 10.9. The Kier molecular flexibility index (Phi) is 2.61. The van der Waals surface area contributed by atoms with Gasteiger partial charge >= 0.3 is 0 Å². The first-order valence-corrected chi connectivity index (χ1v) is 5.54. The van der Waals surface area contributed by atoms with Crippen LogP contribution in [0.4, 0.5) is 0 Å². The van der Waals surface area contributed by atoms with Crippen LogP contribution in [0.2, 0.25) is 0 Å². The second-order valence-corrected chi connectivity index (χ2v) is 5.04. The van der Waals surface area contributed by atoms with Crippen molar-refractivity contribution in [2.45, 2.75) is 0 Å². The molecule has 0 saturated heterocycles. The van der Waals surface area contributed by atoms with E-state index in [1.165, 1.54) is 6.08 Å². The van der Waals surface area contributed by atoms with Gasteiger partial charge < -0.3 is 11.5 Å². The molecule has 1 aliphatic heterocycles. The minimum atomic E-state index is -3.30. The molecule has 6 nitrogen and oxygen atoms in total. The predicted octanol–water partition coefficient (Wildman–Crippen LogP) is -1.87. The summed E-state index contributed by atoms with van der Waals surface area (Å²) in [7, 11) is -3.30. The van der Waals surface area contributed by atoms with Crippen LogP contribution in [0, 0.1) is 11.8 Å². The molecule has 0 aromatic heterocycles. The molecule has 0 spiro atoms. The highest BCUT2D eigenvalue weighted by Crippen LogP contribution is 2.22. The van der Waals surface area contributed by atoms with E-state index in [2.05, 4.69) is 0 Å². The summed E-state index contributed by atoms with van der Waals surface area (Å²) in [5, 5.41) is 0.969. The molecule has 0 aromatic rings. The first-order valence-electron chi connectivity index (χ1n) is 3.83. The Morgan fingerprint density at radius 1 is 1.29 bits per heavy atom. The standard InChI is InChI=1S/C7H10N2O4S/c8-6(10)5(7(9)11)4-1-2-14(12,13)3-4/h1-2,4-5H,3H2,(H2,8,10)(H2,9,11)/t4-/m0/s1. The van der Waals surface area contributed by atoms with Crippen LogP contribution in [0.3, 0.4) is 0 Å². The molecule has 0 saturated carbocycles. The monoisotopic (exact) mass is 218 g/mol. The molecule has 7 heteroatoms. The summed E-state index contributed by atoms with van der Waals surface area (Å²) in [6.45, 7) is 0. The molecular formula is C7H10N2O4S. The summed E-state index contributed by atoms with van der Waals surface area (Å²) in [6, 6.07) is 0. The summed E-state index contributed by atoms with van der Waals surface area (Å²) in [5.41, 5.74) is 9.88. The van der Waals surface area contributed by atoms with Crippen LogP contribution in [-0.2, 0) is 19.4 Å². The highest BCUT2D eigenvalue weighted by Gasteiger charge is 2.35. The van der Waals surface area contributed by atoms with Gasteiger partial charge in [0.1, 0.15) is 5.92 Å². The molecule has 2 amide bonds. The third-order valence-corrected chi connectivity index (χ3v) is 3.42. The lowest BCUT2D eigenvalue weighted by Gasteiger charge is -2.13. The van der Waals surface area contributed by atoms with Crippen molar-refractivity contribution >= 4 is 21.7 Å². The van der Waals surface area contributed by atoms with Gasteiger partial charge in [0.15, 0.2) is 9.84 Å². The number of hydrogen-bond donors (Lipinski definition) is 2. The van der Waals surface area contributed by atoms with Crippen molar-refractivity contribution in [3.8, 4) is 0 Å². The van der Waals surface area contributed by atoms with Gasteiger partial charge in [-0.25, -0.2) is 8.42 Å². The minimum absolute atomic E-state index is 0.288. The molecule has 1 atom stereocenters. The molecule has 1 rings (SSSR count). The first kappa shape index (κ1) is 10.7. The number of carbonyl (C=O) groups is 2. The number of nitrogens with two attached hydrogens (primary N) is 2. The van der Waals surface area contributed by atoms with Crippen LogP contribution in [0.5, 0.6) is 0 Å². The van der Waals surface area contributed by atoms with Gasteiger partial charge in [-0.05, 0) is 0 Å². The van der Waals surface area contributed by atoms with Gasteiger partial charge in [0.2, 0.25) is 11.8 Å². The fourth-order valence-electron chi connectivity index (χ4n) is 1.37. The third-order valence-electron chi connectivity index (χ3n) is 2.00. The van der Waals surface area contributed by atoms with Gasteiger partial charge in [0.05, 0.1) is 5.75 Å². The second-order valence-electron chi connectivity index (χ2n) is 3.10. The Hall–Kier alpha value is -1.37. The summed E-state index contributed by atoms with van der Waals surface area (Å²) >= 11 is 0. The van der Waals surface area contributed by atoms with Gasteiger partial charge in [-0.1, -0.05) is 6.08 Å². The largest absolute Gasteiger partial charge is 0.369 e. The summed E-state index contributed by atoms with van der Waals surface area (Å²) in [5.74, 6) is -4.06. The quantitative estimate of drug-likeness (QED) is 0.539. The maximum absolute atomic E-state index is 11.0. The van der Waals surface area contributed by atoms with Crippen molar-refractivity contribution in [2.75, 3.05) is 5.75 Å². The number of primary amides is 2. The van der Waals surface area contributed by atoms with Crippen LogP contribution < -0.4 is 11.5 Å².